The average molecular weight is 310 g/mol. The third kappa shape index (κ3) is 3.38. The first-order valence-corrected chi connectivity index (χ1v) is 8.29. The van der Waals surface area contributed by atoms with Gasteiger partial charge in [0.2, 0.25) is 0 Å². The van der Waals surface area contributed by atoms with Crippen molar-refractivity contribution in [1.82, 2.24) is 0 Å². The zero-order chi connectivity index (χ0) is 16.8. The van der Waals surface area contributed by atoms with Crippen LogP contribution in [0.4, 0.5) is 0 Å². The van der Waals surface area contributed by atoms with E-state index in [-0.39, 0.29) is 11.8 Å². The maximum Gasteiger partial charge on any atom is 0.0119 e. The smallest absolute Gasteiger partial charge is 0.0119 e. The molecule has 1 aliphatic carbocycles. The zero-order valence-corrected chi connectivity index (χ0v) is 13.8. The molecule has 0 radical (unpaired) electrons. The highest BCUT2D eigenvalue weighted by Gasteiger charge is 2.20. The van der Waals surface area contributed by atoms with Crippen molar-refractivity contribution < 1.29 is 0 Å². The lowest BCUT2D eigenvalue weighted by Gasteiger charge is -2.24. The van der Waals surface area contributed by atoms with Crippen LogP contribution in [0.5, 0.6) is 0 Å². The van der Waals surface area contributed by atoms with E-state index in [9.17, 15) is 0 Å². The number of hydrogen-bond donors (Lipinski definition) is 0. The second kappa shape index (κ2) is 7.61. The first kappa shape index (κ1) is 16.0. The molecule has 2 aromatic carbocycles. The zero-order valence-electron chi connectivity index (χ0n) is 13.8. The number of allylic oxidation sites excluding steroid dienone is 6. The van der Waals surface area contributed by atoms with Crippen LogP contribution in [0.1, 0.15) is 5.56 Å². The molecule has 0 aromatic heterocycles. The molecule has 0 saturated carbocycles. The molecule has 0 spiro atoms. The molecule has 2 atom stereocenters. The van der Waals surface area contributed by atoms with Crippen LogP contribution in [0.3, 0.4) is 0 Å². The van der Waals surface area contributed by atoms with Gasteiger partial charge in [0.25, 0.3) is 0 Å². The lowest BCUT2D eigenvalue weighted by molar-refractivity contribution is 0.687. The van der Waals surface area contributed by atoms with Gasteiger partial charge in [0, 0.05) is 11.8 Å². The Morgan fingerprint density at radius 2 is 1.42 bits per heavy atom. The Balaban J connectivity index is 2.21. The summed E-state index contributed by atoms with van der Waals surface area (Å²) in [5.41, 5.74) is 2.30. The van der Waals surface area contributed by atoms with Gasteiger partial charge in [0.05, 0.1) is 0 Å². The van der Waals surface area contributed by atoms with E-state index in [0.29, 0.717) is 0 Å². The van der Waals surface area contributed by atoms with E-state index in [1.165, 1.54) is 16.3 Å². The standard InChI is InChI=1S/C24H22/c1-3-20-13-9-11-16-22(20)19(2)23-17-8-6-4-5-7-14-21-15-10-12-18-24(21)23/h3-18,20,22H,1-2H2. The first-order valence-electron chi connectivity index (χ1n) is 8.29. The van der Waals surface area contributed by atoms with E-state index in [1.807, 2.05) is 24.3 Å². The largest absolute Gasteiger partial charge is 0.102 e. The first-order chi connectivity index (χ1) is 11.8. The van der Waals surface area contributed by atoms with Crippen LogP contribution in [0.25, 0.3) is 16.3 Å². The fourth-order valence-corrected chi connectivity index (χ4v) is 3.14. The minimum absolute atomic E-state index is 0.239. The van der Waals surface area contributed by atoms with Gasteiger partial charge in [-0.25, -0.2) is 0 Å². The van der Waals surface area contributed by atoms with Crippen molar-refractivity contribution in [3.63, 3.8) is 0 Å². The molecule has 0 N–H and O–H groups in total. The second-order valence-electron chi connectivity index (χ2n) is 5.93. The Bertz CT molecular complexity index is 865. The molecular formula is C24H22. The maximum absolute atomic E-state index is 4.45. The molecule has 0 amide bonds. The SMILES string of the molecule is C=CC1C=CC=CC1C(=C)c1cccccccc2ccccc12. The molecule has 0 aliphatic heterocycles. The van der Waals surface area contributed by atoms with Gasteiger partial charge in [-0.15, -0.1) is 6.58 Å². The molecule has 3 rings (SSSR count). The lowest BCUT2D eigenvalue weighted by atomic mass is 9.80. The number of rotatable bonds is 3. The van der Waals surface area contributed by atoms with Gasteiger partial charge in [-0.05, 0) is 21.9 Å². The Hall–Kier alpha value is -2.86. The van der Waals surface area contributed by atoms with Crippen molar-refractivity contribution >= 4 is 16.3 Å². The van der Waals surface area contributed by atoms with Crippen LogP contribution in [0.2, 0.25) is 0 Å². The van der Waals surface area contributed by atoms with Gasteiger partial charge >= 0.3 is 0 Å². The predicted octanol–water partition coefficient (Wildman–Crippen LogP) is 6.52. The van der Waals surface area contributed by atoms with Crippen LogP contribution >= 0.6 is 0 Å². The molecule has 0 heterocycles. The van der Waals surface area contributed by atoms with E-state index < -0.39 is 0 Å². The molecule has 24 heavy (non-hydrogen) atoms. The van der Waals surface area contributed by atoms with Crippen molar-refractivity contribution in [3.05, 3.63) is 116 Å². The van der Waals surface area contributed by atoms with Crippen LogP contribution in [-0.4, -0.2) is 0 Å². The fraction of sp³-hybridized carbons (Fsp3) is 0.0833. The summed E-state index contributed by atoms with van der Waals surface area (Å²) >= 11 is 0. The Labute approximate surface area is 144 Å². The second-order valence-corrected chi connectivity index (χ2v) is 5.93. The van der Waals surface area contributed by atoms with Crippen molar-refractivity contribution in [2.75, 3.05) is 0 Å². The van der Waals surface area contributed by atoms with Crippen molar-refractivity contribution in [2.45, 2.75) is 0 Å². The molecule has 2 aromatic rings. The van der Waals surface area contributed by atoms with E-state index in [1.54, 1.807) is 0 Å². The molecule has 0 saturated heterocycles. The summed E-state index contributed by atoms with van der Waals surface area (Å²) < 4.78 is 0. The summed E-state index contributed by atoms with van der Waals surface area (Å²) in [4.78, 5) is 0. The number of hydrogen-bond acceptors (Lipinski definition) is 0. The molecule has 0 nitrogen and oxygen atoms in total. The fourth-order valence-electron chi connectivity index (χ4n) is 3.14. The summed E-state index contributed by atoms with van der Waals surface area (Å²) in [7, 11) is 0. The Morgan fingerprint density at radius 1 is 0.792 bits per heavy atom. The Morgan fingerprint density at radius 3 is 2.21 bits per heavy atom. The summed E-state index contributed by atoms with van der Waals surface area (Å²) in [6.45, 7) is 8.44. The molecule has 1 aliphatic rings. The summed E-state index contributed by atoms with van der Waals surface area (Å²) in [5, 5.41) is 2.42. The third-order valence-electron chi connectivity index (χ3n) is 4.43. The van der Waals surface area contributed by atoms with Crippen LogP contribution < -0.4 is 0 Å². The van der Waals surface area contributed by atoms with Crippen molar-refractivity contribution in [2.24, 2.45) is 11.8 Å². The molecule has 0 heteroatoms. The third-order valence-corrected chi connectivity index (χ3v) is 4.43. The minimum Gasteiger partial charge on any atom is -0.102 e. The summed E-state index contributed by atoms with van der Waals surface area (Å²) in [6, 6.07) is 23.1. The van der Waals surface area contributed by atoms with E-state index in [0.717, 1.165) is 5.57 Å². The molecule has 118 valence electrons. The number of fused-ring (bicyclic) bond motifs is 1. The highest BCUT2D eigenvalue weighted by Crippen LogP contribution is 2.35. The van der Waals surface area contributed by atoms with E-state index >= 15 is 0 Å². The van der Waals surface area contributed by atoms with Crippen molar-refractivity contribution in [3.8, 4) is 0 Å². The van der Waals surface area contributed by atoms with Crippen LogP contribution in [0, 0.1) is 11.8 Å². The van der Waals surface area contributed by atoms with Gasteiger partial charge in [-0.1, -0.05) is 104 Å². The molecular weight excluding hydrogens is 288 g/mol. The Kier molecular flexibility index (Phi) is 5.08. The summed E-state index contributed by atoms with van der Waals surface area (Å²) in [6.07, 6.45) is 10.6. The topological polar surface area (TPSA) is 0 Å². The normalized spacial score (nSPS) is 18.8. The van der Waals surface area contributed by atoms with Gasteiger partial charge in [0.15, 0.2) is 0 Å². The van der Waals surface area contributed by atoms with Gasteiger partial charge in [0.1, 0.15) is 0 Å². The van der Waals surface area contributed by atoms with Crippen LogP contribution in [-0.2, 0) is 0 Å². The molecule has 2 unspecified atom stereocenters. The van der Waals surface area contributed by atoms with Gasteiger partial charge < -0.3 is 0 Å². The maximum atomic E-state index is 4.45. The summed E-state index contributed by atoms with van der Waals surface area (Å²) in [5.74, 6) is 0.521. The lowest BCUT2D eigenvalue weighted by Crippen LogP contribution is -2.11. The predicted molar refractivity (Wildman–Crippen MR) is 106 cm³/mol. The van der Waals surface area contributed by atoms with Crippen LogP contribution in [0.15, 0.2) is 110 Å². The molecule has 0 fully saturated rings. The minimum atomic E-state index is 0.239. The number of benzene rings is 1. The highest BCUT2D eigenvalue weighted by molar-refractivity contribution is 5.93. The monoisotopic (exact) mass is 310 g/mol. The molecule has 0 bridgehead atoms. The van der Waals surface area contributed by atoms with E-state index in [2.05, 4.69) is 86.0 Å². The quantitative estimate of drug-likeness (QED) is 0.566. The van der Waals surface area contributed by atoms with Gasteiger partial charge in [-0.2, -0.15) is 0 Å². The van der Waals surface area contributed by atoms with E-state index in [4.69, 9.17) is 0 Å². The average Bonchev–Trinajstić information content (AvgIpc) is 2.64. The highest BCUT2D eigenvalue weighted by atomic mass is 14.2. The van der Waals surface area contributed by atoms with Crippen molar-refractivity contribution in [1.29, 1.82) is 0 Å². The van der Waals surface area contributed by atoms with Gasteiger partial charge in [-0.3, -0.25) is 0 Å².